The van der Waals surface area contributed by atoms with Crippen LogP contribution in [0.25, 0.3) is 0 Å². The summed E-state index contributed by atoms with van der Waals surface area (Å²) < 4.78 is 5.31. The van der Waals surface area contributed by atoms with Crippen molar-refractivity contribution in [3.8, 4) is 5.75 Å². The zero-order valence-corrected chi connectivity index (χ0v) is 17.0. The van der Waals surface area contributed by atoms with Gasteiger partial charge in [-0.15, -0.1) is 0 Å². The molecule has 0 radical (unpaired) electrons. The molecule has 0 unspecified atom stereocenters. The number of rotatable bonds is 6. The third kappa shape index (κ3) is 4.61. The fraction of sp³-hybridized carbons (Fsp3) is 0.240. The first kappa shape index (κ1) is 19.7. The van der Waals surface area contributed by atoms with Gasteiger partial charge in [0.1, 0.15) is 5.75 Å². The standard InChI is InChI=1S/C25H27NO2/c1-17-10-12-22(18(2)14-17)25(21-8-6-5-7-9-21)26-24(27)16-20-11-13-23(28-4)19(3)15-20/h5-15,25H,16H2,1-4H3,(H,26,27)/t25-/m1/s1. The lowest BCUT2D eigenvalue weighted by molar-refractivity contribution is -0.120. The zero-order valence-electron chi connectivity index (χ0n) is 17.0. The zero-order chi connectivity index (χ0) is 20.1. The molecule has 0 aliphatic heterocycles. The smallest absolute Gasteiger partial charge is 0.225 e. The first-order valence-electron chi connectivity index (χ1n) is 9.53. The molecule has 0 spiro atoms. The molecule has 3 rings (SSSR count). The van der Waals surface area contributed by atoms with E-state index in [9.17, 15) is 4.79 Å². The monoisotopic (exact) mass is 373 g/mol. The minimum atomic E-state index is -0.173. The molecule has 3 nitrogen and oxygen atoms in total. The molecular weight excluding hydrogens is 346 g/mol. The molecule has 0 aliphatic rings. The Balaban J connectivity index is 1.85. The average molecular weight is 373 g/mol. The number of hydrogen-bond acceptors (Lipinski definition) is 2. The molecule has 0 saturated heterocycles. The van der Waals surface area contributed by atoms with Gasteiger partial charge in [0.2, 0.25) is 5.91 Å². The second kappa shape index (κ2) is 8.75. The fourth-order valence-corrected chi connectivity index (χ4v) is 3.58. The highest BCUT2D eigenvalue weighted by atomic mass is 16.5. The normalized spacial score (nSPS) is 11.7. The highest BCUT2D eigenvalue weighted by molar-refractivity contribution is 5.79. The van der Waals surface area contributed by atoms with Crippen molar-refractivity contribution in [1.82, 2.24) is 5.32 Å². The second-order valence-electron chi connectivity index (χ2n) is 7.25. The molecule has 3 aromatic rings. The van der Waals surface area contributed by atoms with Crippen LogP contribution in [0.1, 0.15) is 39.4 Å². The lowest BCUT2D eigenvalue weighted by Crippen LogP contribution is -2.31. The van der Waals surface area contributed by atoms with E-state index in [1.165, 1.54) is 11.1 Å². The van der Waals surface area contributed by atoms with Crippen molar-refractivity contribution in [2.24, 2.45) is 0 Å². The lowest BCUT2D eigenvalue weighted by atomic mass is 9.93. The Morgan fingerprint density at radius 2 is 1.68 bits per heavy atom. The molecule has 1 amide bonds. The van der Waals surface area contributed by atoms with Crippen LogP contribution in [0.3, 0.4) is 0 Å². The molecule has 0 aromatic heterocycles. The number of ether oxygens (including phenoxy) is 1. The molecule has 0 heterocycles. The first-order valence-corrected chi connectivity index (χ1v) is 9.53. The Labute approximate surface area is 167 Å². The second-order valence-corrected chi connectivity index (χ2v) is 7.25. The quantitative estimate of drug-likeness (QED) is 0.655. The Morgan fingerprint density at radius 3 is 2.32 bits per heavy atom. The van der Waals surface area contributed by atoms with Crippen molar-refractivity contribution in [2.45, 2.75) is 33.2 Å². The topological polar surface area (TPSA) is 38.3 Å². The summed E-state index contributed by atoms with van der Waals surface area (Å²) in [6.07, 6.45) is 0.332. The fourth-order valence-electron chi connectivity index (χ4n) is 3.58. The number of carbonyl (C=O) groups is 1. The van der Waals surface area contributed by atoms with Crippen LogP contribution < -0.4 is 10.1 Å². The molecule has 1 N–H and O–H groups in total. The molecule has 0 saturated carbocycles. The number of methoxy groups -OCH3 is 1. The van der Waals surface area contributed by atoms with Gasteiger partial charge in [-0.1, -0.05) is 66.2 Å². The van der Waals surface area contributed by atoms with E-state index in [-0.39, 0.29) is 11.9 Å². The van der Waals surface area contributed by atoms with Crippen molar-refractivity contribution in [3.63, 3.8) is 0 Å². The van der Waals surface area contributed by atoms with E-state index in [1.54, 1.807) is 7.11 Å². The third-order valence-corrected chi connectivity index (χ3v) is 5.00. The Bertz CT molecular complexity index is 964. The minimum absolute atomic E-state index is 0.00149. The summed E-state index contributed by atoms with van der Waals surface area (Å²) in [6.45, 7) is 6.17. The van der Waals surface area contributed by atoms with Crippen LogP contribution in [-0.2, 0) is 11.2 Å². The molecular formula is C25H27NO2. The number of amides is 1. The van der Waals surface area contributed by atoms with Crippen LogP contribution in [0.4, 0.5) is 0 Å². The SMILES string of the molecule is COc1ccc(CC(=O)N[C@H](c2ccccc2)c2ccc(C)cc2C)cc1C. The predicted molar refractivity (Wildman–Crippen MR) is 114 cm³/mol. The summed E-state index contributed by atoms with van der Waals surface area (Å²) in [5, 5.41) is 3.24. The van der Waals surface area contributed by atoms with Crippen LogP contribution in [0.2, 0.25) is 0 Å². The van der Waals surface area contributed by atoms with E-state index in [2.05, 4.69) is 49.5 Å². The van der Waals surface area contributed by atoms with E-state index in [4.69, 9.17) is 4.74 Å². The summed E-state index contributed by atoms with van der Waals surface area (Å²) >= 11 is 0. The molecule has 1 atom stereocenters. The Hall–Kier alpha value is -3.07. The van der Waals surface area contributed by atoms with Gasteiger partial charge < -0.3 is 10.1 Å². The van der Waals surface area contributed by atoms with Crippen molar-refractivity contribution >= 4 is 5.91 Å². The van der Waals surface area contributed by atoms with E-state index in [0.717, 1.165) is 28.0 Å². The summed E-state index contributed by atoms with van der Waals surface area (Å²) in [5.74, 6) is 0.833. The highest BCUT2D eigenvalue weighted by Crippen LogP contribution is 2.26. The average Bonchev–Trinajstić information content (AvgIpc) is 2.67. The van der Waals surface area contributed by atoms with Crippen molar-refractivity contribution in [2.75, 3.05) is 7.11 Å². The highest BCUT2D eigenvalue weighted by Gasteiger charge is 2.19. The predicted octanol–water partition coefficient (Wildman–Crippen LogP) is 5.07. The van der Waals surface area contributed by atoms with E-state index in [1.807, 2.05) is 43.3 Å². The largest absolute Gasteiger partial charge is 0.496 e. The Kier molecular flexibility index (Phi) is 6.15. The number of aryl methyl sites for hydroxylation is 3. The molecule has 3 aromatic carbocycles. The molecule has 0 fully saturated rings. The Morgan fingerprint density at radius 1 is 0.929 bits per heavy atom. The van der Waals surface area contributed by atoms with Gasteiger partial charge in [-0.2, -0.15) is 0 Å². The summed E-state index contributed by atoms with van der Waals surface area (Å²) in [4.78, 5) is 12.9. The van der Waals surface area contributed by atoms with Gasteiger partial charge in [0, 0.05) is 0 Å². The van der Waals surface area contributed by atoms with Gasteiger partial charge in [-0.05, 0) is 54.7 Å². The molecule has 144 valence electrons. The van der Waals surface area contributed by atoms with Gasteiger partial charge in [0.05, 0.1) is 19.6 Å². The molecule has 0 aliphatic carbocycles. The van der Waals surface area contributed by atoms with Gasteiger partial charge >= 0.3 is 0 Å². The first-order chi connectivity index (χ1) is 13.5. The molecule has 3 heteroatoms. The van der Waals surface area contributed by atoms with Crippen LogP contribution in [0, 0.1) is 20.8 Å². The maximum Gasteiger partial charge on any atom is 0.225 e. The van der Waals surface area contributed by atoms with Crippen molar-refractivity contribution in [3.05, 3.63) is 100 Å². The minimum Gasteiger partial charge on any atom is -0.496 e. The molecule has 0 bridgehead atoms. The van der Waals surface area contributed by atoms with E-state index < -0.39 is 0 Å². The van der Waals surface area contributed by atoms with Crippen molar-refractivity contribution in [1.29, 1.82) is 0 Å². The van der Waals surface area contributed by atoms with Crippen LogP contribution >= 0.6 is 0 Å². The molecule has 28 heavy (non-hydrogen) atoms. The number of benzene rings is 3. The van der Waals surface area contributed by atoms with Gasteiger partial charge in [-0.3, -0.25) is 4.79 Å². The summed E-state index contributed by atoms with van der Waals surface area (Å²) in [6, 6.07) is 22.2. The summed E-state index contributed by atoms with van der Waals surface area (Å²) in [5.41, 5.74) is 6.59. The van der Waals surface area contributed by atoms with Gasteiger partial charge in [-0.25, -0.2) is 0 Å². The summed E-state index contributed by atoms with van der Waals surface area (Å²) in [7, 11) is 1.66. The van der Waals surface area contributed by atoms with E-state index in [0.29, 0.717) is 6.42 Å². The number of hydrogen-bond donors (Lipinski definition) is 1. The number of carbonyl (C=O) groups excluding carboxylic acids is 1. The van der Waals surface area contributed by atoms with Gasteiger partial charge in [0.25, 0.3) is 0 Å². The van der Waals surface area contributed by atoms with Crippen LogP contribution in [-0.4, -0.2) is 13.0 Å². The third-order valence-electron chi connectivity index (χ3n) is 5.00. The van der Waals surface area contributed by atoms with E-state index >= 15 is 0 Å². The van der Waals surface area contributed by atoms with Crippen LogP contribution in [0.15, 0.2) is 66.7 Å². The van der Waals surface area contributed by atoms with Crippen molar-refractivity contribution < 1.29 is 9.53 Å². The maximum atomic E-state index is 12.9. The van der Waals surface area contributed by atoms with Gasteiger partial charge in [0.15, 0.2) is 0 Å². The number of nitrogens with one attached hydrogen (secondary N) is 1. The lowest BCUT2D eigenvalue weighted by Gasteiger charge is -2.22. The van der Waals surface area contributed by atoms with Crippen LogP contribution in [0.5, 0.6) is 5.75 Å². The maximum absolute atomic E-state index is 12.9.